The Morgan fingerprint density at radius 3 is 1.43 bits per heavy atom. The van der Waals surface area contributed by atoms with Crippen LogP contribution in [0.2, 0.25) is 5.79 Å². The number of rotatable bonds is 6. The molecule has 0 aromatic heterocycles. The van der Waals surface area contributed by atoms with Crippen LogP contribution in [0, 0.1) is 0 Å². The summed E-state index contributed by atoms with van der Waals surface area (Å²) in [4.78, 5) is 0. The molecule has 0 bridgehead atoms. The van der Waals surface area contributed by atoms with Gasteiger partial charge in [0.15, 0.2) is 0 Å². The van der Waals surface area contributed by atoms with E-state index in [-0.39, 0.29) is 0 Å². The zero-order valence-corrected chi connectivity index (χ0v) is 11.9. The maximum atomic E-state index is 11.3. The van der Waals surface area contributed by atoms with Crippen LogP contribution in [0.15, 0.2) is 0 Å². The normalized spacial score (nSPS) is 19.8. The average molecular weight is 260 g/mol. The summed E-state index contributed by atoms with van der Waals surface area (Å²) >= 11 is -2.26. The largest absolute Gasteiger partial charge is 0.684 e. The summed E-state index contributed by atoms with van der Waals surface area (Å²) in [6.45, 7) is 2.65. The first-order chi connectivity index (χ1) is 6.22. The van der Waals surface area contributed by atoms with E-state index in [0.29, 0.717) is 0 Å². The highest BCUT2D eigenvalue weighted by atomic mass is 31.2. The van der Waals surface area contributed by atoms with E-state index >= 15 is 0 Å². The Hall–Kier alpha value is 0.832. The molecule has 0 fully saturated rings. The Morgan fingerprint density at radius 2 is 1.21 bits per heavy atom. The van der Waals surface area contributed by atoms with E-state index in [2.05, 4.69) is 9.05 Å². The van der Waals surface area contributed by atoms with E-state index in [0.717, 1.165) is 0 Å². The van der Waals surface area contributed by atoms with Gasteiger partial charge < -0.3 is 16.2 Å². The molecule has 0 heterocycles. The lowest BCUT2D eigenvalue weighted by Gasteiger charge is -2.18. The van der Waals surface area contributed by atoms with Gasteiger partial charge >= 0.3 is 30.0 Å². The van der Waals surface area contributed by atoms with Crippen molar-refractivity contribution in [3.8, 4) is 0 Å². The first-order valence-corrected chi connectivity index (χ1v) is 9.93. The maximum absolute atomic E-state index is 11.3. The zero-order chi connectivity index (χ0) is 11.4. The molecule has 0 rings (SSSR count). The highest BCUT2D eigenvalue weighted by Crippen LogP contribution is 2.48. The van der Waals surface area contributed by atoms with Gasteiger partial charge in [0.05, 0.1) is 0 Å². The molecule has 0 N–H and O–H groups in total. The Kier molecular flexibility index (Phi) is 6.14. The Labute approximate surface area is 89.0 Å². The second-order valence-corrected chi connectivity index (χ2v) is 9.32. The summed E-state index contributed by atoms with van der Waals surface area (Å²) in [5.41, 5.74) is 0. The summed E-state index contributed by atoms with van der Waals surface area (Å²) in [6.07, 6.45) is 0. The van der Waals surface area contributed by atoms with Crippen molar-refractivity contribution < 1.29 is 25.3 Å². The molecule has 84 valence electrons. The molecule has 2 atom stereocenters. The van der Waals surface area contributed by atoms with Crippen LogP contribution in [-0.2, 0) is 25.3 Å². The first kappa shape index (κ1) is 14.8. The van der Waals surface area contributed by atoms with Crippen LogP contribution in [0.3, 0.4) is 0 Å². The molecule has 6 nitrogen and oxygen atoms in total. The quantitative estimate of drug-likeness (QED) is 0.537. The third-order valence-electron chi connectivity index (χ3n) is 1.34. The highest BCUT2D eigenvalue weighted by Gasteiger charge is 2.33. The maximum Gasteiger partial charge on any atom is 0.684 e. The third-order valence-corrected chi connectivity index (χ3v) is 8.11. The predicted molar refractivity (Wildman–Crippen MR) is 54.9 cm³/mol. The molecule has 2 unspecified atom stereocenters. The van der Waals surface area contributed by atoms with E-state index in [1.807, 2.05) is 0 Å². The molecule has 0 amide bonds. The molecule has 0 aromatic carbocycles. The van der Waals surface area contributed by atoms with E-state index in [1.165, 1.54) is 27.5 Å². The van der Waals surface area contributed by atoms with E-state index in [9.17, 15) is 9.13 Å². The van der Waals surface area contributed by atoms with Gasteiger partial charge in [0.25, 0.3) is 0 Å². The fraction of sp³-hybridized carbons (Fsp3) is 1.00. The van der Waals surface area contributed by atoms with Crippen molar-refractivity contribution >= 4 is 30.0 Å². The van der Waals surface area contributed by atoms with Crippen molar-refractivity contribution in [2.45, 2.75) is 5.79 Å². The van der Waals surface area contributed by atoms with Gasteiger partial charge in [0, 0.05) is 27.5 Å². The molecule has 0 spiro atoms. The monoisotopic (exact) mass is 260 g/mol. The summed E-state index contributed by atoms with van der Waals surface area (Å²) in [7, 11) is -3.57. The van der Waals surface area contributed by atoms with Crippen molar-refractivity contribution in [3.63, 3.8) is 0 Å². The van der Waals surface area contributed by atoms with E-state index < -0.39 is 30.0 Å². The van der Waals surface area contributed by atoms with Gasteiger partial charge in [-0.3, -0.25) is 9.13 Å². The lowest BCUT2D eigenvalue weighted by atomic mass is 11.8. The molecule has 0 saturated carbocycles. The minimum atomic E-state index is -3.07. The third kappa shape index (κ3) is 6.34. The van der Waals surface area contributed by atoms with Crippen LogP contribution in [0.25, 0.3) is 0 Å². The van der Waals surface area contributed by atoms with Crippen LogP contribution in [0.5, 0.6) is 0 Å². The SMILES string of the molecule is COP(C)(=O)[O][Al]([CH3])[O]P(C)(=O)OC. The van der Waals surface area contributed by atoms with Gasteiger partial charge in [-0.1, -0.05) is 5.79 Å². The highest BCUT2D eigenvalue weighted by molar-refractivity contribution is 7.56. The van der Waals surface area contributed by atoms with Crippen molar-refractivity contribution in [2.24, 2.45) is 0 Å². The van der Waals surface area contributed by atoms with Gasteiger partial charge in [-0.2, -0.15) is 0 Å². The van der Waals surface area contributed by atoms with E-state index in [1.54, 1.807) is 5.79 Å². The van der Waals surface area contributed by atoms with Crippen LogP contribution in [0.1, 0.15) is 0 Å². The fourth-order valence-corrected chi connectivity index (χ4v) is 6.15. The van der Waals surface area contributed by atoms with Crippen LogP contribution in [-0.4, -0.2) is 42.4 Å². The first-order valence-electron chi connectivity index (χ1n) is 3.86. The fourth-order valence-electron chi connectivity index (χ4n) is 0.645. The number of hydrogen-bond acceptors (Lipinski definition) is 6. The van der Waals surface area contributed by atoms with Crippen LogP contribution >= 0.6 is 15.2 Å². The van der Waals surface area contributed by atoms with Gasteiger partial charge in [-0.05, 0) is 0 Å². The topological polar surface area (TPSA) is 71.1 Å². The molecule has 9 heteroatoms. The molecule has 14 heavy (non-hydrogen) atoms. The summed E-state index contributed by atoms with van der Waals surface area (Å²) in [5, 5.41) is 0. The number of hydrogen-bond donors (Lipinski definition) is 0. The van der Waals surface area contributed by atoms with Gasteiger partial charge in [-0.25, -0.2) is 0 Å². The second kappa shape index (κ2) is 5.79. The Balaban J connectivity index is 4.18. The molecule has 0 radical (unpaired) electrons. The molecule has 0 aliphatic carbocycles. The van der Waals surface area contributed by atoms with Crippen LogP contribution in [0.4, 0.5) is 0 Å². The standard InChI is InChI=1S/2C2H7O3P.CH3.Al/c2*1-5-6(2,3)4;;/h2*1-2H3,(H,3,4);1H3;/q;;;+2/p-2. The lowest BCUT2D eigenvalue weighted by molar-refractivity contribution is 0.287. The summed E-state index contributed by atoms with van der Waals surface area (Å²) in [6, 6.07) is 0. The summed E-state index contributed by atoms with van der Waals surface area (Å²) in [5.74, 6) is 1.60. The van der Waals surface area contributed by atoms with Crippen molar-refractivity contribution in [2.75, 3.05) is 27.5 Å². The van der Waals surface area contributed by atoms with Crippen molar-refractivity contribution in [1.29, 1.82) is 0 Å². The molecule has 0 aliphatic rings. The zero-order valence-electron chi connectivity index (χ0n) is 8.92. The summed E-state index contributed by atoms with van der Waals surface area (Å²) < 4.78 is 42.0. The minimum Gasteiger partial charge on any atom is -0.409 e. The van der Waals surface area contributed by atoms with Gasteiger partial charge in [0.2, 0.25) is 0 Å². The van der Waals surface area contributed by atoms with Crippen LogP contribution < -0.4 is 0 Å². The molecule has 0 aliphatic heterocycles. The average Bonchev–Trinajstić information content (AvgIpc) is 2.02. The molecular formula is C5H15AlO6P2. The lowest BCUT2D eigenvalue weighted by Crippen LogP contribution is -2.16. The van der Waals surface area contributed by atoms with Crippen molar-refractivity contribution in [1.82, 2.24) is 0 Å². The molecule has 0 saturated heterocycles. The Bertz CT molecular complexity index is 243. The Morgan fingerprint density at radius 1 is 0.929 bits per heavy atom. The van der Waals surface area contributed by atoms with Gasteiger partial charge in [-0.15, -0.1) is 0 Å². The smallest absolute Gasteiger partial charge is 0.409 e. The molecule has 0 aromatic rings. The van der Waals surface area contributed by atoms with E-state index in [4.69, 9.17) is 7.15 Å². The minimum absolute atomic E-state index is 1.28. The predicted octanol–water partition coefficient (Wildman–Crippen LogP) is 2.08. The molecular weight excluding hydrogens is 245 g/mol. The van der Waals surface area contributed by atoms with Crippen molar-refractivity contribution in [3.05, 3.63) is 0 Å². The van der Waals surface area contributed by atoms with Gasteiger partial charge in [0.1, 0.15) is 0 Å². The second-order valence-electron chi connectivity index (χ2n) is 2.69.